The van der Waals surface area contributed by atoms with E-state index >= 15 is 0 Å². The molecule has 4 aromatic rings. The lowest BCUT2D eigenvalue weighted by atomic mass is 9.98. The van der Waals surface area contributed by atoms with Crippen molar-refractivity contribution < 1.29 is 4.79 Å². The molecule has 28 heavy (non-hydrogen) atoms. The number of aromatic amines is 2. The molecule has 3 N–H and O–H groups in total. The first kappa shape index (κ1) is 17.4. The molecule has 0 aliphatic carbocycles. The Morgan fingerprint density at radius 3 is 2.89 bits per heavy atom. The van der Waals surface area contributed by atoms with Gasteiger partial charge < -0.3 is 15.3 Å². The third-order valence-electron chi connectivity index (χ3n) is 5.02. The quantitative estimate of drug-likeness (QED) is 0.481. The Labute approximate surface area is 168 Å². The average molecular weight is 411 g/mol. The minimum atomic E-state index is -0.253. The summed E-state index contributed by atoms with van der Waals surface area (Å²) >= 11 is 3.53. The first-order valence-electron chi connectivity index (χ1n) is 9.03. The van der Waals surface area contributed by atoms with E-state index in [4.69, 9.17) is 0 Å². The van der Waals surface area contributed by atoms with Gasteiger partial charge in [-0.3, -0.25) is 9.69 Å². The van der Waals surface area contributed by atoms with Crippen molar-refractivity contribution in [2.75, 3.05) is 18.4 Å². The third-order valence-corrected chi connectivity index (χ3v) is 6.95. The van der Waals surface area contributed by atoms with Gasteiger partial charge in [0.1, 0.15) is 0 Å². The van der Waals surface area contributed by atoms with Crippen LogP contribution in [0.1, 0.15) is 21.4 Å². The topological polar surface area (TPSA) is 81.0 Å². The van der Waals surface area contributed by atoms with Crippen molar-refractivity contribution in [3.8, 4) is 0 Å². The summed E-state index contributed by atoms with van der Waals surface area (Å²) in [6.45, 7) is 1.17. The SMILES string of the molecule is O=C(CN1CCc2sccc2[C@@H]1c1cccs1)Nc1ccc2[nH]c(=O)[nH]c2c1. The predicted octanol–water partition coefficient (Wildman–Crippen LogP) is 3.57. The van der Waals surface area contributed by atoms with Crippen molar-refractivity contribution >= 4 is 45.3 Å². The molecule has 142 valence electrons. The third kappa shape index (κ3) is 3.19. The van der Waals surface area contributed by atoms with E-state index in [9.17, 15) is 9.59 Å². The number of fused-ring (bicyclic) bond motifs is 2. The van der Waals surface area contributed by atoms with E-state index in [1.807, 2.05) is 0 Å². The summed E-state index contributed by atoms with van der Waals surface area (Å²) < 4.78 is 0. The van der Waals surface area contributed by atoms with Gasteiger partial charge in [0, 0.05) is 22.0 Å². The van der Waals surface area contributed by atoms with E-state index < -0.39 is 0 Å². The Balaban J connectivity index is 1.36. The van der Waals surface area contributed by atoms with Crippen LogP contribution >= 0.6 is 22.7 Å². The Hall–Kier alpha value is -2.68. The minimum Gasteiger partial charge on any atom is -0.325 e. The fraction of sp³-hybridized carbons (Fsp3) is 0.200. The molecule has 0 saturated heterocycles. The van der Waals surface area contributed by atoms with Crippen LogP contribution < -0.4 is 11.0 Å². The molecule has 0 unspecified atom stereocenters. The van der Waals surface area contributed by atoms with Crippen LogP contribution in [0.25, 0.3) is 11.0 Å². The van der Waals surface area contributed by atoms with Gasteiger partial charge >= 0.3 is 5.69 Å². The normalized spacial score (nSPS) is 16.9. The molecule has 1 atom stereocenters. The molecule has 0 radical (unpaired) electrons. The molecule has 0 saturated carbocycles. The lowest BCUT2D eigenvalue weighted by Gasteiger charge is -2.34. The number of anilines is 1. The van der Waals surface area contributed by atoms with Gasteiger partial charge in [-0.1, -0.05) is 6.07 Å². The molecule has 4 heterocycles. The maximum Gasteiger partial charge on any atom is 0.323 e. The maximum atomic E-state index is 12.8. The van der Waals surface area contributed by atoms with Gasteiger partial charge in [0.15, 0.2) is 0 Å². The molecule has 0 spiro atoms. The summed E-state index contributed by atoms with van der Waals surface area (Å²) in [6.07, 6.45) is 0.971. The van der Waals surface area contributed by atoms with E-state index in [0.29, 0.717) is 17.7 Å². The van der Waals surface area contributed by atoms with Crippen LogP contribution in [0.15, 0.2) is 52.0 Å². The smallest absolute Gasteiger partial charge is 0.323 e. The van der Waals surface area contributed by atoms with Gasteiger partial charge in [0.2, 0.25) is 5.91 Å². The highest BCUT2D eigenvalue weighted by Gasteiger charge is 2.31. The number of thiophene rings is 2. The van der Waals surface area contributed by atoms with E-state index in [0.717, 1.165) is 18.5 Å². The van der Waals surface area contributed by atoms with Crippen molar-refractivity contribution in [3.63, 3.8) is 0 Å². The van der Waals surface area contributed by atoms with E-state index in [1.54, 1.807) is 40.9 Å². The number of H-pyrrole nitrogens is 2. The van der Waals surface area contributed by atoms with E-state index in [-0.39, 0.29) is 17.6 Å². The summed E-state index contributed by atoms with van der Waals surface area (Å²) in [5.41, 5.74) is 3.14. The molecular formula is C20H18N4O2S2. The Kier molecular flexibility index (Phi) is 4.38. The van der Waals surface area contributed by atoms with E-state index in [2.05, 4.69) is 49.1 Å². The lowest BCUT2D eigenvalue weighted by Crippen LogP contribution is -2.40. The maximum absolute atomic E-state index is 12.8. The molecule has 5 rings (SSSR count). The molecule has 1 aliphatic rings. The Morgan fingerprint density at radius 1 is 1.14 bits per heavy atom. The molecule has 0 fully saturated rings. The highest BCUT2D eigenvalue weighted by Crippen LogP contribution is 2.39. The van der Waals surface area contributed by atoms with E-state index in [1.165, 1.54) is 15.3 Å². The van der Waals surface area contributed by atoms with Crippen LogP contribution in [0.3, 0.4) is 0 Å². The van der Waals surface area contributed by atoms with Crippen LogP contribution in [-0.2, 0) is 11.2 Å². The number of nitrogens with zero attached hydrogens (tertiary/aromatic N) is 1. The number of hydrogen-bond donors (Lipinski definition) is 3. The van der Waals surface area contributed by atoms with Crippen molar-refractivity contribution in [3.05, 3.63) is 73.0 Å². The zero-order chi connectivity index (χ0) is 19.1. The van der Waals surface area contributed by atoms with Crippen LogP contribution in [0.2, 0.25) is 0 Å². The molecule has 1 amide bonds. The van der Waals surface area contributed by atoms with Crippen LogP contribution in [0.4, 0.5) is 5.69 Å². The molecule has 1 aliphatic heterocycles. The fourth-order valence-corrected chi connectivity index (χ4v) is 5.59. The average Bonchev–Trinajstić information content (AvgIpc) is 3.40. The van der Waals surface area contributed by atoms with Gasteiger partial charge in [-0.15, -0.1) is 22.7 Å². The van der Waals surface area contributed by atoms with Gasteiger partial charge in [0.05, 0.1) is 23.6 Å². The Bertz CT molecular complexity index is 1190. The summed E-state index contributed by atoms with van der Waals surface area (Å²) in [6, 6.07) is 11.9. The lowest BCUT2D eigenvalue weighted by molar-refractivity contribution is -0.117. The van der Waals surface area contributed by atoms with Gasteiger partial charge in [-0.05, 0) is 53.1 Å². The summed E-state index contributed by atoms with van der Waals surface area (Å²) in [5, 5.41) is 7.19. The molecule has 1 aromatic carbocycles. The van der Waals surface area contributed by atoms with Crippen molar-refractivity contribution in [1.82, 2.24) is 14.9 Å². The Morgan fingerprint density at radius 2 is 2.04 bits per heavy atom. The summed E-state index contributed by atoms with van der Waals surface area (Å²) in [4.78, 5) is 34.5. The monoisotopic (exact) mass is 410 g/mol. The second-order valence-electron chi connectivity index (χ2n) is 6.83. The number of nitrogens with one attached hydrogen (secondary N) is 3. The molecule has 0 bridgehead atoms. The number of carbonyl (C=O) groups excluding carboxylic acids is 1. The van der Waals surface area contributed by atoms with Gasteiger partial charge in [-0.25, -0.2) is 4.79 Å². The second-order valence-corrected chi connectivity index (χ2v) is 8.81. The highest BCUT2D eigenvalue weighted by molar-refractivity contribution is 7.10. The summed E-state index contributed by atoms with van der Waals surface area (Å²) in [7, 11) is 0. The molecule has 6 nitrogen and oxygen atoms in total. The molecule has 8 heteroatoms. The zero-order valence-corrected chi connectivity index (χ0v) is 16.5. The van der Waals surface area contributed by atoms with Gasteiger partial charge in [0.25, 0.3) is 0 Å². The van der Waals surface area contributed by atoms with Crippen LogP contribution in [0, 0.1) is 0 Å². The number of aromatic nitrogens is 2. The first-order valence-corrected chi connectivity index (χ1v) is 10.8. The number of hydrogen-bond acceptors (Lipinski definition) is 5. The second kappa shape index (κ2) is 7.05. The standard InChI is InChI=1S/C20H18N4O2S2/c25-18(21-12-3-4-14-15(10-12)23-20(26)22-14)11-24-7-5-16-13(6-9-28-16)19(24)17-2-1-8-27-17/h1-4,6,8-10,19H,5,7,11H2,(H,21,25)(H2,22,23,26)/t19-/m1/s1. The van der Waals surface area contributed by atoms with Crippen molar-refractivity contribution in [1.29, 1.82) is 0 Å². The number of rotatable bonds is 4. The largest absolute Gasteiger partial charge is 0.325 e. The fourth-order valence-electron chi connectivity index (χ4n) is 3.81. The van der Waals surface area contributed by atoms with Gasteiger partial charge in [-0.2, -0.15) is 0 Å². The van der Waals surface area contributed by atoms with Crippen LogP contribution in [-0.4, -0.2) is 33.9 Å². The minimum absolute atomic E-state index is 0.0579. The number of amides is 1. The van der Waals surface area contributed by atoms with Crippen molar-refractivity contribution in [2.45, 2.75) is 12.5 Å². The first-order chi connectivity index (χ1) is 13.7. The van der Waals surface area contributed by atoms with Crippen LogP contribution in [0.5, 0.6) is 0 Å². The summed E-state index contributed by atoms with van der Waals surface area (Å²) in [5.74, 6) is -0.0579. The zero-order valence-electron chi connectivity index (χ0n) is 14.9. The number of carbonyl (C=O) groups is 1. The molecule has 3 aromatic heterocycles. The predicted molar refractivity (Wildman–Crippen MR) is 113 cm³/mol. The highest BCUT2D eigenvalue weighted by atomic mass is 32.1. The van der Waals surface area contributed by atoms with Crippen molar-refractivity contribution in [2.24, 2.45) is 0 Å². The number of benzene rings is 1. The molecular weight excluding hydrogens is 392 g/mol. The number of imidazole rings is 1.